The molecular formula is C11H18OS. The van der Waals surface area contributed by atoms with E-state index in [1.54, 1.807) is 0 Å². The van der Waals surface area contributed by atoms with Gasteiger partial charge in [-0.3, -0.25) is 0 Å². The van der Waals surface area contributed by atoms with Crippen LogP contribution in [0.5, 0.6) is 0 Å². The van der Waals surface area contributed by atoms with Gasteiger partial charge in [-0.1, -0.05) is 26.5 Å². The molecule has 0 spiro atoms. The molecule has 0 aliphatic carbocycles. The predicted octanol–water partition coefficient (Wildman–Crippen LogP) is 3.20. The molecule has 0 amide bonds. The first kappa shape index (κ1) is 12.4. The first-order chi connectivity index (χ1) is 6.22. The number of hydrogen-bond acceptors (Lipinski definition) is 2. The number of rotatable bonds is 3. The summed E-state index contributed by atoms with van der Waals surface area (Å²) in [5.41, 5.74) is 0. The second kappa shape index (κ2) is 6.87. The second-order valence-corrected chi connectivity index (χ2v) is 4.31. The average molecular weight is 198 g/mol. The van der Waals surface area contributed by atoms with Crippen LogP contribution in [0.4, 0.5) is 0 Å². The van der Waals surface area contributed by atoms with Crippen molar-refractivity contribution >= 4 is 17.4 Å². The third-order valence-corrected chi connectivity index (χ3v) is 2.60. The molecular weight excluding hydrogens is 180 g/mol. The third kappa shape index (κ3) is 4.86. The monoisotopic (exact) mass is 198 g/mol. The zero-order chi connectivity index (χ0) is 10.3. The molecule has 1 rings (SSSR count). The minimum absolute atomic E-state index is 0.756. The highest BCUT2D eigenvalue weighted by Crippen LogP contribution is 2.20. The van der Waals surface area contributed by atoms with Gasteiger partial charge in [0.15, 0.2) is 0 Å². The van der Waals surface area contributed by atoms with Gasteiger partial charge in [-0.25, -0.2) is 0 Å². The summed E-state index contributed by atoms with van der Waals surface area (Å²) in [5.74, 6) is 0.756. The van der Waals surface area contributed by atoms with Crippen LogP contribution in [0.3, 0.4) is 0 Å². The summed E-state index contributed by atoms with van der Waals surface area (Å²) >= 11 is 1.84. The van der Waals surface area contributed by atoms with Crippen LogP contribution < -0.4 is 0 Å². The van der Waals surface area contributed by atoms with E-state index in [2.05, 4.69) is 32.6 Å². The van der Waals surface area contributed by atoms with E-state index in [1.165, 1.54) is 16.2 Å². The van der Waals surface area contributed by atoms with Gasteiger partial charge in [0.25, 0.3) is 0 Å². The highest BCUT2D eigenvalue weighted by molar-refractivity contribution is 7.12. The Morgan fingerprint density at radius 1 is 1.46 bits per heavy atom. The summed E-state index contributed by atoms with van der Waals surface area (Å²) in [6.45, 7) is 8.22. The molecule has 0 saturated heterocycles. The quantitative estimate of drug-likeness (QED) is 0.790. The Balaban J connectivity index is 0.000000671. The van der Waals surface area contributed by atoms with Crippen LogP contribution in [0.15, 0.2) is 18.7 Å². The highest BCUT2D eigenvalue weighted by atomic mass is 32.1. The Labute approximate surface area is 84.7 Å². The lowest BCUT2D eigenvalue weighted by Crippen LogP contribution is -1.89. The van der Waals surface area contributed by atoms with Gasteiger partial charge >= 0.3 is 0 Å². The predicted molar refractivity (Wildman–Crippen MR) is 61.1 cm³/mol. The van der Waals surface area contributed by atoms with Crippen molar-refractivity contribution in [2.75, 3.05) is 7.11 Å². The maximum Gasteiger partial charge on any atom is 0.0319 e. The molecule has 1 N–H and O–H groups in total. The molecule has 0 radical (unpaired) electrons. The minimum atomic E-state index is 0.756. The Hall–Kier alpha value is -0.600. The normalized spacial score (nSPS) is 9.31. The van der Waals surface area contributed by atoms with E-state index in [0.717, 1.165) is 13.0 Å². The van der Waals surface area contributed by atoms with Gasteiger partial charge in [0.1, 0.15) is 0 Å². The van der Waals surface area contributed by atoms with Crippen LogP contribution in [-0.4, -0.2) is 12.2 Å². The Kier molecular flexibility index (Phi) is 6.55. The fourth-order valence-electron chi connectivity index (χ4n) is 1.02. The second-order valence-electron chi connectivity index (χ2n) is 3.11. The Morgan fingerprint density at radius 2 is 2.08 bits per heavy atom. The van der Waals surface area contributed by atoms with Crippen LogP contribution in [0.1, 0.15) is 23.6 Å². The topological polar surface area (TPSA) is 20.2 Å². The fourth-order valence-corrected chi connectivity index (χ4v) is 2.09. The molecule has 0 atom stereocenters. The van der Waals surface area contributed by atoms with Gasteiger partial charge in [0.2, 0.25) is 0 Å². The average Bonchev–Trinajstić information content (AvgIpc) is 2.55. The molecule has 1 aromatic rings. The van der Waals surface area contributed by atoms with Crippen molar-refractivity contribution in [2.24, 2.45) is 5.92 Å². The number of aliphatic hydroxyl groups is 1. The van der Waals surface area contributed by atoms with Crippen LogP contribution in [0, 0.1) is 5.92 Å². The molecule has 0 aromatic carbocycles. The molecule has 1 aromatic heterocycles. The van der Waals surface area contributed by atoms with Gasteiger partial charge in [-0.05, 0) is 24.5 Å². The van der Waals surface area contributed by atoms with Gasteiger partial charge < -0.3 is 5.11 Å². The lowest BCUT2D eigenvalue weighted by molar-refractivity contribution is 0.399. The van der Waals surface area contributed by atoms with Crippen molar-refractivity contribution < 1.29 is 5.11 Å². The molecule has 0 aliphatic heterocycles. The van der Waals surface area contributed by atoms with Gasteiger partial charge in [0, 0.05) is 16.9 Å². The molecule has 0 saturated carbocycles. The first-order valence-corrected chi connectivity index (χ1v) is 5.20. The van der Waals surface area contributed by atoms with E-state index in [4.69, 9.17) is 5.11 Å². The standard InChI is InChI=1S/C10H14S.CH4O/c1-4-9-5-6-10(11-9)7-8(2)3;1-2/h4-6,8H,1,7H2,2-3H3;2H,1H3. The van der Waals surface area contributed by atoms with E-state index < -0.39 is 0 Å². The molecule has 0 aliphatic rings. The molecule has 0 bridgehead atoms. The van der Waals surface area contributed by atoms with E-state index in [-0.39, 0.29) is 0 Å². The zero-order valence-corrected chi connectivity index (χ0v) is 9.40. The van der Waals surface area contributed by atoms with Crippen molar-refractivity contribution in [3.8, 4) is 0 Å². The maximum absolute atomic E-state index is 7.00. The van der Waals surface area contributed by atoms with E-state index in [1.807, 2.05) is 17.4 Å². The van der Waals surface area contributed by atoms with Crippen LogP contribution in [-0.2, 0) is 6.42 Å². The van der Waals surface area contributed by atoms with Crippen molar-refractivity contribution in [3.63, 3.8) is 0 Å². The fraction of sp³-hybridized carbons (Fsp3) is 0.455. The van der Waals surface area contributed by atoms with Crippen molar-refractivity contribution in [1.82, 2.24) is 0 Å². The SMILES string of the molecule is C=Cc1ccc(CC(C)C)s1.CO. The van der Waals surface area contributed by atoms with Crippen molar-refractivity contribution in [3.05, 3.63) is 28.5 Å². The molecule has 2 heteroatoms. The molecule has 1 nitrogen and oxygen atoms in total. The summed E-state index contributed by atoms with van der Waals surface area (Å²) in [4.78, 5) is 2.75. The number of hydrogen-bond donors (Lipinski definition) is 1. The smallest absolute Gasteiger partial charge is 0.0319 e. The third-order valence-electron chi connectivity index (χ3n) is 1.49. The lowest BCUT2D eigenvalue weighted by Gasteiger charge is -1.98. The number of thiophene rings is 1. The first-order valence-electron chi connectivity index (χ1n) is 4.38. The van der Waals surface area contributed by atoms with Crippen LogP contribution in [0.2, 0.25) is 0 Å². The van der Waals surface area contributed by atoms with Gasteiger partial charge in [-0.2, -0.15) is 0 Å². The van der Waals surface area contributed by atoms with Crippen LogP contribution in [0.25, 0.3) is 6.08 Å². The molecule has 1 heterocycles. The largest absolute Gasteiger partial charge is 0.400 e. The van der Waals surface area contributed by atoms with Crippen molar-refractivity contribution in [2.45, 2.75) is 20.3 Å². The summed E-state index contributed by atoms with van der Waals surface area (Å²) in [5, 5.41) is 7.00. The van der Waals surface area contributed by atoms with Gasteiger partial charge in [0.05, 0.1) is 0 Å². The zero-order valence-electron chi connectivity index (χ0n) is 8.58. The summed E-state index contributed by atoms with van der Waals surface area (Å²) in [6, 6.07) is 4.33. The van der Waals surface area contributed by atoms with Crippen LogP contribution >= 0.6 is 11.3 Å². The summed E-state index contributed by atoms with van der Waals surface area (Å²) in [6.07, 6.45) is 3.10. The lowest BCUT2D eigenvalue weighted by atomic mass is 10.1. The summed E-state index contributed by atoms with van der Waals surface area (Å²) < 4.78 is 0. The molecule has 74 valence electrons. The van der Waals surface area contributed by atoms with E-state index in [0.29, 0.717) is 0 Å². The molecule has 13 heavy (non-hydrogen) atoms. The number of aliphatic hydroxyl groups excluding tert-OH is 1. The highest BCUT2D eigenvalue weighted by Gasteiger charge is 1.99. The maximum atomic E-state index is 7.00. The van der Waals surface area contributed by atoms with E-state index >= 15 is 0 Å². The van der Waals surface area contributed by atoms with Gasteiger partial charge in [-0.15, -0.1) is 11.3 Å². The molecule has 0 unspecified atom stereocenters. The summed E-state index contributed by atoms with van der Waals surface area (Å²) in [7, 11) is 1.00. The Morgan fingerprint density at radius 3 is 2.46 bits per heavy atom. The van der Waals surface area contributed by atoms with Crippen molar-refractivity contribution in [1.29, 1.82) is 0 Å². The Bertz CT molecular complexity index is 238. The van der Waals surface area contributed by atoms with E-state index in [9.17, 15) is 0 Å². The minimum Gasteiger partial charge on any atom is -0.400 e. The molecule has 0 fully saturated rings.